The van der Waals surface area contributed by atoms with Crippen LogP contribution in [0.1, 0.15) is 24.8 Å². The Morgan fingerprint density at radius 1 is 1.39 bits per heavy atom. The lowest BCUT2D eigenvalue weighted by molar-refractivity contribution is -0.122. The molecular weight excluding hydrogens is 294 g/mol. The van der Waals surface area contributed by atoms with E-state index in [1.807, 2.05) is 24.3 Å². The lowest BCUT2D eigenvalue weighted by Gasteiger charge is -2.23. The monoisotopic (exact) mass is 311 g/mol. The predicted octanol–water partition coefficient (Wildman–Crippen LogP) is 2.68. The summed E-state index contributed by atoms with van der Waals surface area (Å²) >= 11 is 3.40. The maximum absolute atomic E-state index is 11.8. The molecule has 0 radical (unpaired) electrons. The Morgan fingerprint density at radius 3 is 2.83 bits per heavy atom. The van der Waals surface area contributed by atoms with Crippen molar-refractivity contribution in [1.82, 2.24) is 5.32 Å². The molecule has 1 saturated heterocycles. The van der Waals surface area contributed by atoms with Gasteiger partial charge in [-0.25, -0.2) is 0 Å². The maximum atomic E-state index is 11.8. The van der Waals surface area contributed by atoms with E-state index in [-0.39, 0.29) is 11.9 Å². The molecule has 0 bridgehead atoms. The average molecular weight is 312 g/mol. The summed E-state index contributed by atoms with van der Waals surface area (Å²) in [5.74, 6) is 0.119. The topological polar surface area (TPSA) is 38.3 Å². The fourth-order valence-electron chi connectivity index (χ4n) is 2.06. The Labute approximate surface area is 116 Å². The van der Waals surface area contributed by atoms with Gasteiger partial charge in [-0.15, -0.1) is 0 Å². The van der Waals surface area contributed by atoms with Crippen LogP contribution < -0.4 is 5.32 Å². The van der Waals surface area contributed by atoms with Gasteiger partial charge in [0.25, 0.3) is 0 Å². The maximum Gasteiger partial charge on any atom is 0.220 e. The number of hydrogen-bond acceptors (Lipinski definition) is 2. The molecule has 98 valence electrons. The van der Waals surface area contributed by atoms with E-state index >= 15 is 0 Å². The van der Waals surface area contributed by atoms with Gasteiger partial charge in [0, 0.05) is 17.5 Å². The predicted molar refractivity (Wildman–Crippen MR) is 74.4 cm³/mol. The van der Waals surface area contributed by atoms with Gasteiger partial charge in [-0.2, -0.15) is 0 Å². The van der Waals surface area contributed by atoms with Gasteiger partial charge in [-0.1, -0.05) is 28.1 Å². The zero-order valence-corrected chi connectivity index (χ0v) is 11.9. The van der Waals surface area contributed by atoms with Crippen molar-refractivity contribution in [3.8, 4) is 0 Å². The van der Waals surface area contributed by atoms with Crippen LogP contribution in [0.25, 0.3) is 0 Å². The average Bonchev–Trinajstić information content (AvgIpc) is 2.39. The molecule has 1 aliphatic rings. The fraction of sp³-hybridized carbons (Fsp3) is 0.500. The van der Waals surface area contributed by atoms with Gasteiger partial charge >= 0.3 is 0 Å². The molecule has 1 atom stereocenters. The number of halogens is 1. The van der Waals surface area contributed by atoms with Crippen LogP contribution in [0, 0.1) is 0 Å². The number of nitrogens with one attached hydrogen (secondary N) is 1. The molecule has 18 heavy (non-hydrogen) atoms. The van der Waals surface area contributed by atoms with Crippen molar-refractivity contribution in [3.63, 3.8) is 0 Å². The van der Waals surface area contributed by atoms with E-state index in [0.717, 1.165) is 30.3 Å². The molecule has 1 heterocycles. The second-order valence-corrected chi connectivity index (χ2v) is 5.52. The molecule has 0 aliphatic carbocycles. The van der Waals surface area contributed by atoms with Crippen molar-refractivity contribution in [3.05, 3.63) is 34.3 Å². The summed E-state index contributed by atoms with van der Waals surface area (Å²) in [6.45, 7) is 1.48. The van der Waals surface area contributed by atoms with Crippen LogP contribution in [0.2, 0.25) is 0 Å². The van der Waals surface area contributed by atoms with Crippen LogP contribution in [0.3, 0.4) is 0 Å². The van der Waals surface area contributed by atoms with Crippen LogP contribution in [0.4, 0.5) is 0 Å². The van der Waals surface area contributed by atoms with Crippen LogP contribution in [-0.2, 0) is 16.0 Å². The Morgan fingerprint density at radius 2 is 2.17 bits per heavy atom. The minimum atomic E-state index is 0.119. The third kappa shape index (κ3) is 4.42. The van der Waals surface area contributed by atoms with Crippen molar-refractivity contribution in [1.29, 1.82) is 0 Å². The van der Waals surface area contributed by atoms with Crippen LogP contribution in [0.5, 0.6) is 0 Å². The highest BCUT2D eigenvalue weighted by atomic mass is 79.9. The lowest BCUT2D eigenvalue weighted by atomic mass is 10.1. The number of hydrogen-bond donors (Lipinski definition) is 1. The van der Waals surface area contributed by atoms with E-state index in [0.29, 0.717) is 13.0 Å². The van der Waals surface area contributed by atoms with Crippen molar-refractivity contribution < 1.29 is 9.53 Å². The molecular formula is C14H18BrNO2. The van der Waals surface area contributed by atoms with E-state index in [1.54, 1.807) is 0 Å². The van der Waals surface area contributed by atoms with E-state index in [2.05, 4.69) is 21.2 Å². The van der Waals surface area contributed by atoms with Crippen molar-refractivity contribution >= 4 is 21.8 Å². The second kappa shape index (κ2) is 6.90. The molecule has 1 amide bonds. The first-order valence-corrected chi connectivity index (χ1v) is 7.15. The normalized spacial score (nSPS) is 19.5. The molecule has 0 aromatic heterocycles. The zero-order valence-electron chi connectivity index (χ0n) is 10.3. The van der Waals surface area contributed by atoms with Crippen LogP contribution in [0.15, 0.2) is 28.7 Å². The van der Waals surface area contributed by atoms with Gasteiger partial charge in [0.1, 0.15) is 0 Å². The van der Waals surface area contributed by atoms with E-state index < -0.39 is 0 Å². The summed E-state index contributed by atoms with van der Waals surface area (Å²) in [7, 11) is 0. The van der Waals surface area contributed by atoms with Crippen LogP contribution in [-0.4, -0.2) is 25.2 Å². The number of amides is 1. The van der Waals surface area contributed by atoms with Crippen molar-refractivity contribution in [2.24, 2.45) is 0 Å². The highest BCUT2D eigenvalue weighted by molar-refractivity contribution is 9.10. The van der Waals surface area contributed by atoms with Crippen molar-refractivity contribution in [2.45, 2.75) is 31.7 Å². The lowest BCUT2D eigenvalue weighted by Crippen LogP contribution is -2.40. The number of ether oxygens (including phenoxy) is 1. The van der Waals surface area contributed by atoms with E-state index in [4.69, 9.17) is 4.74 Å². The largest absolute Gasteiger partial charge is 0.379 e. The highest BCUT2D eigenvalue weighted by Gasteiger charge is 2.15. The molecule has 0 saturated carbocycles. The molecule has 3 nitrogen and oxygen atoms in total. The summed E-state index contributed by atoms with van der Waals surface area (Å²) < 4.78 is 6.40. The first kappa shape index (κ1) is 13.6. The minimum Gasteiger partial charge on any atom is -0.379 e. The standard InChI is InChI=1S/C14H18BrNO2/c15-12-6-3-11(4-7-12)5-8-14(17)16-13-2-1-9-18-10-13/h3-4,6-7,13H,1-2,5,8-10H2,(H,16,17)/t13-/m1/s1. The molecule has 0 unspecified atom stereocenters. The number of rotatable bonds is 4. The molecule has 1 aromatic rings. The summed E-state index contributed by atoms with van der Waals surface area (Å²) in [6, 6.07) is 8.29. The highest BCUT2D eigenvalue weighted by Crippen LogP contribution is 2.12. The first-order valence-electron chi connectivity index (χ1n) is 6.35. The van der Waals surface area contributed by atoms with Gasteiger partial charge < -0.3 is 10.1 Å². The van der Waals surface area contributed by atoms with E-state index in [1.165, 1.54) is 5.56 Å². The molecule has 1 fully saturated rings. The van der Waals surface area contributed by atoms with E-state index in [9.17, 15) is 4.79 Å². The summed E-state index contributed by atoms with van der Waals surface area (Å²) in [5, 5.41) is 3.03. The number of benzene rings is 1. The molecule has 2 rings (SSSR count). The smallest absolute Gasteiger partial charge is 0.220 e. The molecule has 1 aliphatic heterocycles. The summed E-state index contributed by atoms with van der Waals surface area (Å²) in [6.07, 6.45) is 3.40. The third-order valence-electron chi connectivity index (χ3n) is 3.08. The third-order valence-corrected chi connectivity index (χ3v) is 3.61. The Bertz CT molecular complexity index is 385. The van der Waals surface area contributed by atoms with Gasteiger partial charge in [0.05, 0.1) is 12.6 Å². The fourth-order valence-corrected chi connectivity index (χ4v) is 2.33. The number of aryl methyl sites for hydroxylation is 1. The molecule has 0 spiro atoms. The number of carbonyl (C=O) groups is 1. The zero-order chi connectivity index (χ0) is 12.8. The molecule has 1 aromatic carbocycles. The quantitative estimate of drug-likeness (QED) is 0.928. The van der Waals surface area contributed by atoms with Gasteiger partial charge in [0.15, 0.2) is 0 Å². The summed E-state index contributed by atoms with van der Waals surface area (Å²) in [5.41, 5.74) is 1.19. The SMILES string of the molecule is O=C(CCc1ccc(Br)cc1)N[C@@H]1CCCOC1. The van der Waals surface area contributed by atoms with Gasteiger partial charge in [-0.3, -0.25) is 4.79 Å². The van der Waals surface area contributed by atoms with Crippen LogP contribution >= 0.6 is 15.9 Å². The number of carbonyl (C=O) groups excluding carboxylic acids is 1. The Kier molecular flexibility index (Phi) is 5.20. The molecule has 4 heteroatoms. The van der Waals surface area contributed by atoms with Gasteiger partial charge in [-0.05, 0) is 37.0 Å². The Hall–Kier alpha value is -0.870. The van der Waals surface area contributed by atoms with Crippen molar-refractivity contribution in [2.75, 3.05) is 13.2 Å². The Balaban J connectivity index is 1.72. The summed E-state index contributed by atoms with van der Waals surface area (Å²) in [4.78, 5) is 11.8. The second-order valence-electron chi connectivity index (χ2n) is 4.61. The molecule has 1 N–H and O–H groups in total. The minimum absolute atomic E-state index is 0.119. The first-order chi connectivity index (χ1) is 8.74. The van der Waals surface area contributed by atoms with Gasteiger partial charge in [0.2, 0.25) is 5.91 Å².